The van der Waals surface area contributed by atoms with Crippen molar-refractivity contribution in [2.45, 2.75) is 26.0 Å². The number of hydrogen-bond donors (Lipinski definition) is 2. The molecule has 2 aromatic rings. The Morgan fingerprint density at radius 3 is 2.75 bits per heavy atom. The van der Waals surface area contributed by atoms with Gasteiger partial charge in [0.1, 0.15) is 0 Å². The third kappa shape index (κ3) is 7.00. The number of halogens is 1. The molecule has 4 nitrogen and oxygen atoms in total. The molecule has 0 radical (unpaired) electrons. The average Bonchev–Trinajstić information content (AvgIpc) is 2.67. The van der Waals surface area contributed by atoms with Crippen LogP contribution >= 0.6 is 35.6 Å². The number of thioether (sulfide) groups is 1. The van der Waals surface area contributed by atoms with Gasteiger partial charge in [0.2, 0.25) is 0 Å². The lowest BCUT2D eigenvalue weighted by Crippen LogP contribution is -2.30. The van der Waals surface area contributed by atoms with Crippen molar-refractivity contribution in [1.29, 1.82) is 0 Å². The minimum absolute atomic E-state index is 0.321. The molecule has 0 aromatic heterocycles. The number of thiocarbonyl (C=S) groups is 1. The zero-order valence-electron chi connectivity index (χ0n) is 16.1. The standard InChI is InChI=1S/C21H25ClN2O2S2/c1-3-26-20(25)17-9-6-11-19(15(17)2)24-21(27)23-12-7-13-28-14-16-8-4-5-10-18(16)22/h4-6,8-11H,3,7,12-14H2,1-2H3,(H2,23,24,27). The van der Waals surface area contributed by atoms with Crippen LogP contribution in [-0.2, 0) is 10.5 Å². The minimum Gasteiger partial charge on any atom is -0.462 e. The van der Waals surface area contributed by atoms with E-state index in [0.29, 0.717) is 17.3 Å². The molecule has 0 atom stereocenters. The molecule has 2 aromatic carbocycles. The van der Waals surface area contributed by atoms with E-state index in [4.69, 9.17) is 28.6 Å². The molecule has 7 heteroatoms. The second-order valence-electron chi connectivity index (χ2n) is 6.08. The van der Waals surface area contributed by atoms with E-state index in [0.717, 1.165) is 46.3 Å². The van der Waals surface area contributed by atoms with Gasteiger partial charge in [0.05, 0.1) is 12.2 Å². The molecule has 0 unspecified atom stereocenters. The fourth-order valence-corrected chi connectivity index (χ4v) is 4.00. The Kier molecular flexibility index (Phi) is 9.61. The van der Waals surface area contributed by atoms with E-state index < -0.39 is 0 Å². The van der Waals surface area contributed by atoms with Crippen LogP contribution in [0.4, 0.5) is 5.69 Å². The third-order valence-electron chi connectivity index (χ3n) is 4.04. The first kappa shape index (κ1) is 22.5. The molecule has 28 heavy (non-hydrogen) atoms. The molecule has 150 valence electrons. The molecular weight excluding hydrogens is 412 g/mol. The zero-order valence-corrected chi connectivity index (χ0v) is 18.5. The molecule has 0 aliphatic carbocycles. The average molecular weight is 437 g/mol. The van der Waals surface area contributed by atoms with Gasteiger partial charge in [0.15, 0.2) is 5.11 Å². The van der Waals surface area contributed by atoms with Crippen LogP contribution in [-0.4, -0.2) is 30.0 Å². The van der Waals surface area contributed by atoms with Crippen molar-refractivity contribution in [3.63, 3.8) is 0 Å². The van der Waals surface area contributed by atoms with Gasteiger partial charge in [-0.1, -0.05) is 35.9 Å². The van der Waals surface area contributed by atoms with Crippen molar-refractivity contribution in [2.24, 2.45) is 0 Å². The predicted octanol–water partition coefficient (Wildman–Crippen LogP) is 5.44. The number of rotatable bonds is 9. The van der Waals surface area contributed by atoms with Crippen molar-refractivity contribution in [1.82, 2.24) is 5.32 Å². The number of carbonyl (C=O) groups is 1. The van der Waals surface area contributed by atoms with E-state index in [1.165, 1.54) is 0 Å². The fraction of sp³-hybridized carbons (Fsp3) is 0.333. The Morgan fingerprint density at radius 1 is 1.21 bits per heavy atom. The first-order chi connectivity index (χ1) is 13.5. The number of anilines is 1. The Morgan fingerprint density at radius 2 is 2.00 bits per heavy atom. The fourth-order valence-electron chi connectivity index (χ4n) is 2.54. The van der Waals surface area contributed by atoms with Gasteiger partial charge in [-0.25, -0.2) is 4.79 Å². The van der Waals surface area contributed by atoms with Gasteiger partial charge in [-0.05, 0) is 67.6 Å². The van der Waals surface area contributed by atoms with Crippen molar-refractivity contribution in [3.8, 4) is 0 Å². The molecule has 0 saturated heterocycles. The molecular formula is C21H25ClN2O2S2. The first-order valence-electron chi connectivity index (χ1n) is 9.15. The number of nitrogens with one attached hydrogen (secondary N) is 2. The summed E-state index contributed by atoms with van der Waals surface area (Å²) in [5, 5.41) is 7.73. The predicted molar refractivity (Wildman–Crippen MR) is 124 cm³/mol. The highest BCUT2D eigenvalue weighted by Crippen LogP contribution is 2.21. The van der Waals surface area contributed by atoms with E-state index in [1.807, 2.05) is 49.0 Å². The van der Waals surface area contributed by atoms with Gasteiger partial charge in [-0.3, -0.25) is 0 Å². The van der Waals surface area contributed by atoms with Crippen LogP contribution < -0.4 is 10.6 Å². The van der Waals surface area contributed by atoms with Crippen molar-refractivity contribution < 1.29 is 9.53 Å². The molecule has 0 fully saturated rings. The van der Waals surface area contributed by atoms with Gasteiger partial charge in [0, 0.05) is 23.0 Å². The Balaban J connectivity index is 1.72. The number of hydrogen-bond acceptors (Lipinski definition) is 4. The van der Waals surface area contributed by atoms with Crippen LogP contribution in [0.25, 0.3) is 0 Å². The quantitative estimate of drug-likeness (QED) is 0.310. The lowest BCUT2D eigenvalue weighted by molar-refractivity contribution is 0.0525. The van der Waals surface area contributed by atoms with E-state index in [1.54, 1.807) is 13.0 Å². The van der Waals surface area contributed by atoms with Crippen LogP contribution in [0.1, 0.15) is 34.8 Å². The monoisotopic (exact) mass is 436 g/mol. The molecule has 0 heterocycles. The van der Waals surface area contributed by atoms with Crippen molar-refractivity contribution in [3.05, 3.63) is 64.2 Å². The second-order valence-corrected chi connectivity index (χ2v) is 8.00. The molecule has 0 aliphatic heterocycles. The summed E-state index contributed by atoms with van der Waals surface area (Å²) < 4.78 is 5.08. The summed E-state index contributed by atoms with van der Waals surface area (Å²) in [4.78, 5) is 12.0. The third-order valence-corrected chi connectivity index (χ3v) is 5.75. The van der Waals surface area contributed by atoms with Crippen LogP contribution in [0.3, 0.4) is 0 Å². The number of ether oxygens (including phenoxy) is 1. The summed E-state index contributed by atoms with van der Waals surface area (Å²) >= 11 is 13.4. The molecule has 0 spiro atoms. The van der Waals surface area contributed by atoms with E-state index in [-0.39, 0.29) is 5.97 Å². The number of benzene rings is 2. The normalized spacial score (nSPS) is 10.4. The van der Waals surface area contributed by atoms with Gasteiger partial charge >= 0.3 is 5.97 Å². The summed E-state index contributed by atoms with van der Waals surface area (Å²) in [5.74, 6) is 1.60. The van der Waals surface area contributed by atoms with Crippen molar-refractivity contribution in [2.75, 3.05) is 24.2 Å². The summed E-state index contributed by atoms with van der Waals surface area (Å²) in [5.41, 5.74) is 3.33. The molecule has 0 saturated carbocycles. The first-order valence-corrected chi connectivity index (χ1v) is 11.1. The summed E-state index contributed by atoms with van der Waals surface area (Å²) in [6, 6.07) is 13.4. The van der Waals surface area contributed by atoms with Crippen LogP contribution in [0.2, 0.25) is 5.02 Å². The topological polar surface area (TPSA) is 50.4 Å². The largest absolute Gasteiger partial charge is 0.462 e. The molecule has 0 amide bonds. The van der Waals surface area contributed by atoms with Crippen LogP contribution in [0.5, 0.6) is 0 Å². The smallest absolute Gasteiger partial charge is 0.338 e. The molecule has 2 rings (SSSR count). The highest BCUT2D eigenvalue weighted by atomic mass is 35.5. The Hall–Kier alpha value is -1.76. The Bertz CT molecular complexity index is 815. The highest BCUT2D eigenvalue weighted by Gasteiger charge is 2.13. The van der Waals surface area contributed by atoms with Crippen LogP contribution in [0.15, 0.2) is 42.5 Å². The van der Waals surface area contributed by atoms with Crippen LogP contribution in [0, 0.1) is 6.92 Å². The van der Waals surface area contributed by atoms with Gasteiger partial charge in [-0.2, -0.15) is 11.8 Å². The van der Waals surface area contributed by atoms with E-state index in [9.17, 15) is 4.79 Å². The van der Waals surface area contributed by atoms with E-state index in [2.05, 4.69) is 16.7 Å². The van der Waals surface area contributed by atoms with Gasteiger partial charge in [-0.15, -0.1) is 0 Å². The number of carbonyl (C=O) groups excluding carboxylic acids is 1. The van der Waals surface area contributed by atoms with Gasteiger partial charge < -0.3 is 15.4 Å². The lowest BCUT2D eigenvalue weighted by atomic mass is 10.1. The highest BCUT2D eigenvalue weighted by molar-refractivity contribution is 7.98. The number of esters is 1. The lowest BCUT2D eigenvalue weighted by Gasteiger charge is -2.14. The maximum absolute atomic E-state index is 12.0. The SMILES string of the molecule is CCOC(=O)c1cccc(NC(=S)NCCCSCc2ccccc2Cl)c1C. The Labute approximate surface area is 181 Å². The van der Waals surface area contributed by atoms with E-state index >= 15 is 0 Å². The summed E-state index contributed by atoms with van der Waals surface area (Å²) in [6.07, 6.45) is 0.985. The molecule has 0 bridgehead atoms. The molecule has 2 N–H and O–H groups in total. The van der Waals surface area contributed by atoms with Gasteiger partial charge in [0.25, 0.3) is 0 Å². The maximum Gasteiger partial charge on any atom is 0.338 e. The second kappa shape index (κ2) is 11.9. The minimum atomic E-state index is -0.321. The van der Waals surface area contributed by atoms with Crippen molar-refractivity contribution >= 4 is 52.3 Å². The summed E-state index contributed by atoms with van der Waals surface area (Å²) in [7, 11) is 0. The maximum atomic E-state index is 12.0. The molecule has 0 aliphatic rings. The summed E-state index contributed by atoms with van der Waals surface area (Å²) in [6.45, 7) is 4.80. The zero-order chi connectivity index (χ0) is 20.4.